The van der Waals surface area contributed by atoms with E-state index in [1.807, 2.05) is 0 Å². The molecule has 3 amide bonds. The number of thioether (sulfide) groups is 1. The summed E-state index contributed by atoms with van der Waals surface area (Å²) in [6, 6.07) is -1.05. The van der Waals surface area contributed by atoms with Crippen molar-refractivity contribution in [2.45, 2.75) is 11.4 Å². The molecule has 0 aromatic carbocycles. The first-order chi connectivity index (χ1) is 14.7. The van der Waals surface area contributed by atoms with Crippen LogP contribution in [0.2, 0.25) is 0 Å². The minimum absolute atomic E-state index is 0. The number of rotatable bonds is 7. The maximum atomic E-state index is 12.6. The van der Waals surface area contributed by atoms with Gasteiger partial charge in [0.1, 0.15) is 23.7 Å². The molecule has 0 saturated carbocycles. The average molecular weight is 490 g/mol. The molecule has 16 heteroatoms. The number of aliphatic carboxylic acids is 1. The molecule has 2 aliphatic rings. The Kier molecular flexibility index (Phi) is 8.68. The fraction of sp³-hybridized carbons (Fsp3) is 0.250. The number of carboxylic acid groups (broad SMARTS) is 1. The van der Waals surface area contributed by atoms with E-state index in [1.54, 1.807) is 0 Å². The Labute approximate surface area is 210 Å². The molecule has 0 aliphatic carbocycles. The van der Waals surface area contributed by atoms with Crippen LogP contribution in [-0.4, -0.2) is 68.5 Å². The van der Waals surface area contributed by atoms with Crippen LogP contribution >= 0.6 is 23.1 Å². The molecule has 6 N–H and O–H groups in total. The van der Waals surface area contributed by atoms with Crippen LogP contribution in [0, 0.1) is 0 Å². The van der Waals surface area contributed by atoms with Crippen molar-refractivity contribution in [2.75, 3.05) is 18.1 Å². The van der Waals surface area contributed by atoms with E-state index in [-0.39, 0.29) is 64.0 Å². The Morgan fingerprint density at radius 1 is 1.47 bits per heavy atom. The fourth-order valence-corrected chi connectivity index (χ4v) is 4.77. The molecule has 1 aromatic rings. The van der Waals surface area contributed by atoms with Crippen molar-refractivity contribution in [3.8, 4) is 0 Å². The Balaban J connectivity index is 0.00000363. The summed E-state index contributed by atoms with van der Waals surface area (Å²) in [5.74, 6) is -2.95. The number of carboxylic acids is 1. The number of amides is 3. The number of nitrogen functional groups attached to an aromatic ring is 1. The van der Waals surface area contributed by atoms with Crippen molar-refractivity contribution >= 4 is 57.8 Å². The van der Waals surface area contributed by atoms with E-state index in [0.717, 1.165) is 16.2 Å². The van der Waals surface area contributed by atoms with E-state index in [9.17, 15) is 24.3 Å². The maximum absolute atomic E-state index is 12.6. The summed E-state index contributed by atoms with van der Waals surface area (Å²) in [7, 11) is 0. The third-order valence-electron chi connectivity index (χ3n) is 4.20. The van der Waals surface area contributed by atoms with Crippen molar-refractivity contribution in [1.82, 2.24) is 15.2 Å². The zero-order chi connectivity index (χ0) is 22.7. The van der Waals surface area contributed by atoms with Crippen molar-refractivity contribution < 1.29 is 63.8 Å². The Bertz CT molecular complexity index is 1040. The number of thiazole rings is 1. The topological polar surface area (TPSA) is 213 Å². The van der Waals surface area contributed by atoms with Crippen molar-refractivity contribution in [2.24, 2.45) is 10.9 Å². The standard InChI is InChI=1S/C16H16N6O7S2.Na/c17-15-19-7(5-31-15)8(21-28)11(23)20-9-12(24)22-10(14(25)26)6(4-30-13(9)22)2-1-3-29-16(18)27;/h1-2,5,9,13,28H,3-4H2,(H2,17,19)(H2,18,27)(H,20,23)(H,25,26);/q;+1/p-1/b2-1+,21-8-;. The Hall–Kier alpha value is -2.59. The van der Waals surface area contributed by atoms with E-state index in [0.29, 0.717) is 0 Å². The van der Waals surface area contributed by atoms with E-state index in [1.165, 1.54) is 29.3 Å². The SMILES string of the molecule is NC(=O)OC/C=C/C1=C(C(=O)[O-])N2C(=O)C(NC(=O)/C(=N\O)c3csc(N)n3)C2SC1.[Na+]. The first kappa shape index (κ1) is 25.7. The predicted molar refractivity (Wildman–Crippen MR) is 107 cm³/mol. The number of aromatic nitrogens is 1. The largest absolute Gasteiger partial charge is 1.00 e. The summed E-state index contributed by atoms with van der Waals surface area (Å²) in [4.78, 5) is 52.1. The van der Waals surface area contributed by atoms with Gasteiger partial charge in [-0.25, -0.2) is 9.78 Å². The van der Waals surface area contributed by atoms with Crippen LogP contribution in [-0.2, 0) is 19.1 Å². The molecule has 0 bridgehead atoms. The Morgan fingerprint density at radius 3 is 2.75 bits per heavy atom. The quantitative estimate of drug-likeness (QED) is 0.0938. The molecular formula is C16H15N6NaO7S2. The number of oxime groups is 1. The first-order valence-corrected chi connectivity index (χ1v) is 10.4. The van der Waals surface area contributed by atoms with Gasteiger partial charge in [0.15, 0.2) is 10.8 Å². The molecule has 3 rings (SSSR count). The molecule has 13 nitrogen and oxygen atoms in total. The summed E-state index contributed by atoms with van der Waals surface area (Å²) in [5, 5.41) is 27.0. The number of fused-ring (bicyclic) bond motifs is 1. The van der Waals surface area contributed by atoms with Gasteiger partial charge in [0.05, 0.1) is 11.7 Å². The van der Waals surface area contributed by atoms with Gasteiger partial charge < -0.3 is 36.6 Å². The second-order valence-electron chi connectivity index (χ2n) is 6.07. The van der Waals surface area contributed by atoms with Crippen LogP contribution in [0.4, 0.5) is 9.93 Å². The molecule has 2 atom stereocenters. The molecule has 0 spiro atoms. The monoisotopic (exact) mass is 490 g/mol. The number of nitrogens with zero attached hydrogens (tertiary/aromatic N) is 3. The van der Waals surface area contributed by atoms with Crippen LogP contribution in [0.15, 0.2) is 34.0 Å². The third kappa shape index (κ3) is 5.24. The van der Waals surface area contributed by atoms with E-state index in [2.05, 4.69) is 20.2 Å². The van der Waals surface area contributed by atoms with Crippen LogP contribution in [0.1, 0.15) is 5.69 Å². The van der Waals surface area contributed by atoms with E-state index >= 15 is 0 Å². The van der Waals surface area contributed by atoms with Crippen molar-refractivity contribution in [1.29, 1.82) is 0 Å². The Morgan fingerprint density at radius 2 is 2.19 bits per heavy atom. The van der Waals surface area contributed by atoms with Gasteiger partial charge in [-0.15, -0.1) is 23.1 Å². The van der Waals surface area contributed by atoms with Crippen LogP contribution in [0.25, 0.3) is 0 Å². The molecule has 3 heterocycles. The van der Waals surface area contributed by atoms with Crippen molar-refractivity contribution in [3.63, 3.8) is 0 Å². The summed E-state index contributed by atoms with van der Waals surface area (Å²) < 4.78 is 4.53. The van der Waals surface area contributed by atoms with Crippen LogP contribution in [0.3, 0.4) is 0 Å². The zero-order valence-corrected chi connectivity index (χ0v) is 20.1. The van der Waals surface area contributed by atoms with E-state index < -0.39 is 41.0 Å². The van der Waals surface area contributed by atoms with Gasteiger partial charge in [0.25, 0.3) is 11.8 Å². The predicted octanol–water partition coefficient (Wildman–Crippen LogP) is -5.04. The molecule has 32 heavy (non-hydrogen) atoms. The summed E-state index contributed by atoms with van der Waals surface area (Å²) in [5.41, 5.74) is 9.86. The number of allylic oxidation sites excluding steroid dienone is 1. The molecule has 2 unspecified atom stereocenters. The number of hydrogen-bond donors (Lipinski definition) is 4. The van der Waals surface area contributed by atoms with Gasteiger partial charge in [0, 0.05) is 11.1 Å². The van der Waals surface area contributed by atoms with Gasteiger partial charge in [-0.2, -0.15) is 0 Å². The number of β-lactam (4-membered cyclic amide) rings is 1. The number of carbonyl (C=O) groups excluding carboxylic acids is 4. The zero-order valence-electron chi connectivity index (χ0n) is 16.5. The molecular weight excluding hydrogens is 475 g/mol. The molecule has 1 saturated heterocycles. The summed E-state index contributed by atoms with van der Waals surface area (Å²) >= 11 is 2.23. The van der Waals surface area contributed by atoms with Gasteiger partial charge >= 0.3 is 35.7 Å². The van der Waals surface area contributed by atoms with Gasteiger partial charge in [0.2, 0.25) is 0 Å². The number of carbonyl (C=O) groups is 4. The average Bonchev–Trinajstić information content (AvgIpc) is 3.14. The number of ether oxygens (including phenoxy) is 1. The smallest absolute Gasteiger partial charge is 0.543 e. The second-order valence-corrected chi connectivity index (χ2v) is 8.07. The van der Waals surface area contributed by atoms with Gasteiger partial charge in [-0.05, 0) is 11.6 Å². The summed E-state index contributed by atoms with van der Waals surface area (Å²) in [6.45, 7) is -0.176. The number of anilines is 1. The molecule has 0 radical (unpaired) electrons. The minimum atomic E-state index is -1.57. The maximum Gasteiger partial charge on any atom is 1.00 e. The van der Waals surface area contributed by atoms with Gasteiger partial charge in [-0.1, -0.05) is 11.2 Å². The number of primary amides is 1. The minimum Gasteiger partial charge on any atom is -0.543 e. The normalized spacial score (nSPS) is 20.3. The fourth-order valence-electron chi connectivity index (χ4n) is 2.90. The third-order valence-corrected chi connectivity index (χ3v) is 6.17. The molecule has 1 fully saturated rings. The summed E-state index contributed by atoms with van der Waals surface area (Å²) in [6.07, 6.45) is 1.77. The van der Waals surface area contributed by atoms with Crippen LogP contribution < -0.4 is 51.4 Å². The molecule has 2 aliphatic heterocycles. The van der Waals surface area contributed by atoms with Crippen molar-refractivity contribution in [3.05, 3.63) is 34.5 Å². The molecule has 164 valence electrons. The number of nitrogens with one attached hydrogen (secondary N) is 1. The number of hydrogen-bond acceptors (Lipinski definition) is 12. The van der Waals surface area contributed by atoms with Crippen LogP contribution in [0.5, 0.6) is 0 Å². The molecule has 1 aromatic heterocycles. The number of nitrogens with two attached hydrogens (primary N) is 2. The first-order valence-electron chi connectivity index (χ1n) is 8.46. The van der Waals surface area contributed by atoms with Gasteiger partial charge in [-0.3, -0.25) is 14.5 Å². The van der Waals surface area contributed by atoms with E-state index in [4.69, 9.17) is 16.7 Å². The second kappa shape index (κ2) is 10.8.